The largest absolute Gasteiger partial charge is 0.367 e. The van der Waals surface area contributed by atoms with E-state index in [0.717, 1.165) is 21.2 Å². The number of hydrogen-bond donors (Lipinski definition) is 1. The number of hydrogen-bond acceptors (Lipinski definition) is 3. The van der Waals surface area contributed by atoms with Crippen LogP contribution in [0, 0.1) is 0 Å². The molecule has 0 bridgehead atoms. The van der Waals surface area contributed by atoms with E-state index in [2.05, 4.69) is 21.1 Å². The van der Waals surface area contributed by atoms with E-state index < -0.39 is 0 Å². The first kappa shape index (κ1) is 14.4. The van der Waals surface area contributed by atoms with E-state index in [1.165, 1.54) is 0 Å². The SMILES string of the molecule is Nc1onc(-c2ccc(Cl)c(Br)c2)c1-c1ccc(Cl)cc1. The fourth-order valence-electron chi connectivity index (χ4n) is 2.04. The molecular weight excluding hydrogens is 375 g/mol. The zero-order valence-electron chi connectivity index (χ0n) is 10.6. The first-order valence-corrected chi connectivity index (χ1v) is 7.57. The number of aromatic nitrogens is 1. The second-order valence-corrected chi connectivity index (χ2v) is 6.10. The maximum Gasteiger partial charge on any atom is 0.230 e. The number of rotatable bonds is 2. The van der Waals surface area contributed by atoms with Crippen LogP contribution in [0.3, 0.4) is 0 Å². The average molecular weight is 384 g/mol. The summed E-state index contributed by atoms with van der Waals surface area (Å²) in [5, 5.41) is 5.34. The van der Waals surface area contributed by atoms with E-state index in [1.807, 2.05) is 24.3 Å². The Kier molecular flexibility index (Phi) is 3.93. The Morgan fingerprint density at radius 3 is 2.33 bits per heavy atom. The second kappa shape index (κ2) is 5.72. The molecule has 0 saturated heterocycles. The number of anilines is 1. The lowest BCUT2D eigenvalue weighted by atomic mass is 10.0. The normalized spacial score (nSPS) is 10.8. The van der Waals surface area contributed by atoms with E-state index in [4.69, 9.17) is 33.5 Å². The third kappa shape index (κ3) is 2.79. The first-order chi connectivity index (χ1) is 10.1. The van der Waals surface area contributed by atoms with Gasteiger partial charge in [0.05, 0.1) is 10.6 Å². The Bertz CT molecular complexity index is 800. The van der Waals surface area contributed by atoms with Crippen LogP contribution in [0.15, 0.2) is 51.5 Å². The monoisotopic (exact) mass is 382 g/mol. The molecule has 0 saturated carbocycles. The Hall–Kier alpha value is -1.49. The first-order valence-electron chi connectivity index (χ1n) is 6.03. The number of halogens is 3. The van der Waals surface area contributed by atoms with Crippen LogP contribution in [-0.2, 0) is 0 Å². The lowest BCUT2D eigenvalue weighted by molar-refractivity contribution is 0.439. The summed E-state index contributed by atoms with van der Waals surface area (Å²) in [4.78, 5) is 0. The van der Waals surface area contributed by atoms with Crippen molar-refractivity contribution < 1.29 is 4.52 Å². The van der Waals surface area contributed by atoms with E-state index >= 15 is 0 Å². The standard InChI is InChI=1S/C15H9BrCl2N2O/c16-11-7-9(3-6-12(11)18)14-13(15(19)21-20-14)8-1-4-10(17)5-2-8/h1-7H,19H2. The minimum atomic E-state index is 0.262. The smallest absolute Gasteiger partial charge is 0.230 e. The van der Waals surface area contributed by atoms with Gasteiger partial charge in [0.25, 0.3) is 0 Å². The van der Waals surface area contributed by atoms with Gasteiger partial charge >= 0.3 is 0 Å². The minimum Gasteiger partial charge on any atom is -0.367 e. The summed E-state index contributed by atoms with van der Waals surface area (Å²) in [6, 6.07) is 12.9. The zero-order chi connectivity index (χ0) is 15.0. The molecule has 0 radical (unpaired) electrons. The fourth-order valence-corrected chi connectivity index (χ4v) is 2.66. The van der Waals surface area contributed by atoms with Gasteiger partial charge < -0.3 is 10.3 Å². The van der Waals surface area contributed by atoms with Crippen LogP contribution in [0.1, 0.15) is 0 Å². The van der Waals surface area contributed by atoms with Crippen molar-refractivity contribution in [1.29, 1.82) is 0 Å². The third-order valence-electron chi connectivity index (χ3n) is 3.04. The van der Waals surface area contributed by atoms with Crippen LogP contribution in [0.25, 0.3) is 22.4 Å². The molecule has 1 heterocycles. The van der Waals surface area contributed by atoms with Crippen molar-refractivity contribution in [3.8, 4) is 22.4 Å². The number of nitrogens with two attached hydrogens (primary N) is 1. The average Bonchev–Trinajstić information content (AvgIpc) is 2.85. The molecule has 0 aliphatic carbocycles. The molecular formula is C15H9BrCl2N2O. The molecule has 2 aromatic carbocycles. The summed E-state index contributed by atoms with van der Waals surface area (Å²) in [7, 11) is 0. The van der Waals surface area contributed by atoms with Gasteiger partial charge in [-0.25, -0.2) is 0 Å². The fraction of sp³-hybridized carbons (Fsp3) is 0. The summed E-state index contributed by atoms with van der Waals surface area (Å²) in [5.41, 5.74) is 9.06. The van der Waals surface area contributed by atoms with Gasteiger partial charge in [-0.3, -0.25) is 0 Å². The molecule has 0 amide bonds. The number of nitrogens with zero attached hydrogens (tertiary/aromatic N) is 1. The van der Waals surface area contributed by atoms with Crippen molar-refractivity contribution in [3.63, 3.8) is 0 Å². The summed E-state index contributed by atoms with van der Waals surface area (Å²) < 4.78 is 5.93. The summed E-state index contributed by atoms with van der Waals surface area (Å²) >= 11 is 15.3. The molecule has 3 nitrogen and oxygen atoms in total. The lowest BCUT2D eigenvalue weighted by Gasteiger charge is -2.04. The van der Waals surface area contributed by atoms with E-state index in [0.29, 0.717) is 15.7 Å². The molecule has 0 atom stereocenters. The van der Waals surface area contributed by atoms with E-state index in [1.54, 1.807) is 18.2 Å². The molecule has 2 N–H and O–H groups in total. The Morgan fingerprint density at radius 1 is 1.00 bits per heavy atom. The zero-order valence-corrected chi connectivity index (χ0v) is 13.7. The van der Waals surface area contributed by atoms with Crippen molar-refractivity contribution in [2.45, 2.75) is 0 Å². The second-order valence-electron chi connectivity index (χ2n) is 4.41. The molecule has 3 rings (SSSR count). The Morgan fingerprint density at radius 2 is 1.67 bits per heavy atom. The van der Waals surface area contributed by atoms with Crippen molar-refractivity contribution in [3.05, 3.63) is 57.0 Å². The molecule has 3 aromatic rings. The predicted molar refractivity (Wildman–Crippen MR) is 89.5 cm³/mol. The van der Waals surface area contributed by atoms with E-state index in [-0.39, 0.29) is 5.88 Å². The van der Waals surface area contributed by atoms with Crippen molar-refractivity contribution in [2.75, 3.05) is 5.73 Å². The molecule has 106 valence electrons. The summed E-state index contributed by atoms with van der Waals surface area (Å²) in [5.74, 6) is 0.262. The van der Waals surface area contributed by atoms with Crippen LogP contribution in [0.4, 0.5) is 5.88 Å². The number of nitrogen functional groups attached to an aromatic ring is 1. The van der Waals surface area contributed by atoms with E-state index in [9.17, 15) is 0 Å². The predicted octanol–water partition coefficient (Wildman–Crippen LogP) is 5.66. The highest BCUT2D eigenvalue weighted by Gasteiger charge is 2.18. The third-order valence-corrected chi connectivity index (χ3v) is 4.51. The molecule has 0 aliphatic rings. The van der Waals surface area contributed by atoms with Gasteiger partial charge in [0.15, 0.2) is 0 Å². The quantitative estimate of drug-likeness (QED) is 0.621. The van der Waals surface area contributed by atoms with Gasteiger partial charge in [0.2, 0.25) is 5.88 Å². The van der Waals surface area contributed by atoms with Crippen molar-refractivity contribution in [2.24, 2.45) is 0 Å². The van der Waals surface area contributed by atoms with Gasteiger partial charge in [0, 0.05) is 15.1 Å². The Balaban J connectivity index is 2.16. The van der Waals surface area contributed by atoms with Gasteiger partial charge in [0.1, 0.15) is 5.69 Å². The van der Waals surface area contributed by atoms with Crippen LogP contribution in [-0.4, -0.2) is 5.16 Å². The summed E-state index contributed by atoms with van der Waals surface area (Å²) in [6.45, 7) is 0. The highest BCUT2D eigenvalue weighted by molar-refractivity contribution is 9.10. The molecule has 0 unspecified atom stereocenters. The van der Waals surface area contributed by atoms with Crippen molar-refractivity contribution >= 4 is 45.0 Å². The maximum absolute atomic E-state index is 6.02. The van der Waals surface area contributed by atoms with Gasteiger partial charge in [-0.2, -0.15) is 0 Å². The Labute approximate surface area is 139 Å². The molecule has 21 heavy (non-hydrogen) atoms. The van der Waals surface area contributed by atoms with Crippen LogP contribution in [0.2, 0.25) is 10.0 Å². The molecule has 6 heteroatoms. The molecule has 1 aromatic heterocycles. The molecule has 0 spiro atoms. The van der Waals surface area contributed by atoms with Gasteiger partial charge in [-0.1, -0.05) is 46.6 Å². The number of benzene rings is 2. The van der Waals surface area contributed by atoms with Gasteiger partial charge in [-0.15, -0.1) is 0 Å². The van der Waals surface area contributed by atoms with Crippen LogP contribution >= 0.6 is 39.1 Å². The lowest BCUT2D eigenvalue weighted by Crippen LogP contribution is -1.88. The summed E-state index contributed by atoms with van der Waals surface area (Å²) in [6.07, 6.45) is 0. The van der Waals surface area contributed by atoms with Crippen molar-refractivity contribution in [1.82, 2.24) is 5.16 Å². The minimum absolute atomic E-state index is 0.262. The highest BCUT2D eigenvalue weighted by Crippen LogP contribution is 2.38. The topological polar surface area (TPSA) is 52.0 Å². The molecule has 0 aliphatic heterocycles. The van der Waals surface area contributed by atoms with Crippen LogP contribution in [0.5, 0.6) is 0 Å². The highest BCUT2D eigenvalue weighted by atomic mass is 79.9. The molecule has 0 fully saturated rings. The van der Waals surface area contributed by atoms with Crippen LogP contribution < -0.4 is 5.73 Å². The van der Waals surface area contributed by atoms with Gasteiger partial charge in [-0.05, 0) is 45.8 Å². The maximum atomic E-state index is 6.02.